The smallest absolute Gasteiger partial charge is 0.267 e. The molecule has 1 saturated carbocycles. The Hall–Kier alpha value is -0.200. The highest BCUT2D eigenvalue weighted by Gasteiger charge is 2.23. The van der Waals surface area contributed by atoms with E-state index in [0.29, 0.717) is 6.04 Å². The van der Waals surface area contributed by atoms with E-state index >= 15 is 0 Å². The van der Waals surface area contributed by atoms with Crippen molar-refractivity contribution in [2.45, 2.75) is 25.1 Å². The lowest BCUT2D eigenvalue weighted by molar-refractivity contribution is 0.337. The summed E-state index contributed by atoms with van der Waals surface area (Å²) in [6.45, 7) is 0.00442. The molecule has 0 aliphatic heterocycles. The summed E-state index contributed by atoms with van der Waals surface area (Å²) >= 11 is 0. The molecule has 0 unspecified atom stereocenters. The van der Waals surface area contributed by atoms with Crippen molar-refractivity contribution < 1.29 is 17.4 Å². The van der Waals surface area contributed by atoms with Gasteiger partial charge in [0.15, 0.2) is 0 Å². The van der Waals surface area contributed by atoms with Crippen LogP contribution in [0.25, 0.3) is 0 Å². The fourth-order valence-corrected chi connectivity index (χ4v) is 1.44. The van der Waals surface area contributed by atoms with Crippen molar-refractivity contribution in [3.8, 4) is 0 Å². The Morgan fingerprint density at radius 3 is 2.58 bits per heavy atom. The van der Waals surface area contributed by atoms with Gasteiger partial charge in [-0.2, -0.15) is 8.42 Å². The van der Waals surface area contributed by atoms with Gasteiger partial charge in [-0.25, -0.2) is 4.39 Å². The molecule has 0 aromatic carbocycles. The summed E-state index contributed by atoms with van der Waals surface area (Å²) < 4.78 is 41.3. The molecule has 1 aliphatic carbocycles. The van der Waals surface area contributed by atoms with Crippen LogP contribution in [0.5, 0.6) is 0 Å². The summed E-state index contributed by atoms with van der Waals surface area (Å²) in [4.78, 5) is 0. The Balaban J connectivity index is 2.14. The lowest BCUT2D eigenvalue weighted by atomic mass is 10.4. The minimum absolute atomic E-state index is 0.00442. The maximum Gasteiger partial charge on any atom is 0.267 e. The second-order valence-corrected chi connectivity index (χ2v) is 4.53. The quantitative estimate of drug-likeness (QED) is 0.607. The van der Waals surface area contributed by atoms with Gasteiger partial charge in [0, 0.05) is 12.6 Å². The first-order valence-corrected chi connectivity index (χ1v) is 5.41. The van der Waals surface area contributed by atoms with Crippen molar-refractivity contribution in [1.82, 2.24) is 5.32 Å². The Morgan fingerprint density at radius 1 is 1.58 bits per heavy atom. The Kier molecular flexibility index (Phi) is 3.03. The topological polar surface area (TPSA) is 66.4 Å². The SMILES string of the molecule is O=S(=O)(O)C[C@H](F)CNC1CC1. The number of rotatable bonds is 5. The molecule has 1 atom stereocenters. The summed E-state index contributed by atoms with van der Waals surface area (Å²) in [6, 6.07) is 0.352. The van der Waals surface area contributed by atoms with E-state index in [9.17, 15) is 12.8 Å². The van der Waals surface area contributed by atoms with Gasteiger partial charge in [0.25, 0.3) is 10.1 Å². The number of alkyl halides is 1. The summed E-state index contributed by atoms with van der Waals surface area (Å²) in [5.74, 6) is -0.813. The van der Waals surface area contributed by atoms with E-state index in [1.807, 2.05) is 0 Å². The minimum Gasteiger partial charge on any atom is -0.311 e. The van der Waals surface area contributed by atoms with Crippen LogP contribution in [0.15, 0.2) is 0 Å². The third-order valence-electron chi connectivity index (χ3n) is 1.60. The predicted molar refractivity (Wildman–Crippen MR) is 42.3 cm³/mol. The van der Waals surface area contributed by atoms with Crippen molar-refractivity contribution in [3.63, 3.8) is 0 Å². The molecule has 0 radical (unpaired) electrons. The maximum absolute atomic E-state index is 12.7. The van der Waals surface area contributed by atoms with Gasteiger partial charge in [0.1, 0.15) is 11.9 Å². The molecule has 0 aromatic rings. The van der Waals surface area contributed by atoms with E-state index in [-0.39, 0.29) is 6.54 Å². The molecule has 0 bridgehead atoms. The fraction of sp³-hybridized carbons (Fsp3) is 1.00. The van der Waals surface area contributed by atoms with Crippen molar-refractivity contribution in [3.05, 3.63) is 0 Å². The van der Waals surface area contributed by atoms with Crippen LogP contribution in [0, 0.1) is 0 Å². The van der Waals surface area contributed by atoms with Gasteiger partial charge in [0.2, 0.25) is 0 Å². The molecule has 4 nitrogen and oxygen atoms in total. The first-order chi connectivity index (χ1) is 5.47. The molecule has 6 heteroatoms. The van der Waals surface area contributed by atoms with Crippen LogP contribution in [0.4, 0.5) is 4.39 Å². The monoisotopic (exact) mass is 197 g/mol. The largest absolute Gasteiger partial charge is 0.311 e. The lowest BCUT2D eigenvalue weighted by Gasteiger charge is -2.06. The maximum atomic E-state index is 12.7. The van der Waals surface area contributed by atoms with Crippen LogP contribution in [-0.2, 0) is 10.1 Å². The van der Waals surface area contributed by atoms with Gasteiger partial charge in [-0.15, -0.1) is 0 Å². The van der Waals surface area contributed by atoms with Crippen LogP contribution in [-0.4, -0.2) is 37.5 Å². The zero-order valence-corrected chi connectivity index (χ0v) is 7.35. The molecule has 0 amide bonds. The summed E-state index contributed by atoms with van der Waals surface area (Å²) in [7, 11) is -4.17. The molecular weight excluding hydrogens is 185 g/mol. The standard InChI is InChI=1S/C6H12FNO3S/c7-5(4-12(9,10)11)3-8-6-1-2-6/h5-6,8H,1-4H2,(H,9,10,11)/t5-/m1/s1. The molecule has 0 aromatic heterocycles. The zero-order valence-electron chi connectivity index (χ0n) is 6.53. The van der Waals surface area contributed by atoms with Gasteiger partial charge in [-0.05, 0) is 12.8 Å². The number of hydrogen-bond donors (Lipinski definition) is 2. The highest BCUT2D eigenvalue weighted by atomic mass is 32.2. The van der Waals surface area contributed by atoms with Crippen molar-refractivity contribution in [2.24, 2.45) is 0 Å². The minimum atomic E-state index is -4.17. The zero-order chi connectivity index (χ0) is 9.19. The second kappa shape index (κ2) is 3.68. The Labute approximate surface area is 70.9 Å². The van der Waals surface area contributed by atoms with E-state index < -0.39 is 22.0 Å². The van der Waals surface area contributed by atoms with E-state index in [0.717, 1.165) is 12.8 Å². The highest BCUT2D eigenvalue weighted by molar-refractivity contribution is 7.85. The van der Waals surface area contributed by atoms with Crippen LogP contribution in [0.1, 0.15) is 12.8 Å². The van der Waals surface area contributed by atoms with E-state index in [2.05, 4.69) is 5.32 Å². The number of hydrogen-bond acceptors (Lipinski definition) is 3. The Morgan fingerprint density at radius 2 is 2.17 bits per heavy atom. The van der Waals surface area contributed by atoms with E-state index in [1.165, 1.54) is 0 Å². The molecule has 0 saturated heterocycles. The van der Waals surface area contributed by atoms with Gasteiger partial charge in [-0.3, -0.25) is 4.55 Å². The normalized spacial score (nSPS) is 20.8. The van der Waals surface area contributed by atoms with Gasteiger partial charge in [0.05, 0.1) is 0 Å². The van der Waals surface area contributed by atoms with Crippen molar-refractivity contribution in [2.75, 3.05) is 12.3 Å². The van der Waals surface area contributed by atoms with Gasteiger partial charge < -0.3 is 5.32 Å². The Bertz CT molecular complexity index is 237. The second-order valence-electron chi connectivity index (χ2n) is 3.03. The molecule has 72 valence electrons. The molecule has 1 rings (SSSR count). The van der Waals surface area contributed by atoms with Gasteiger partial charge in [-0.1, -0.05) is 0 Å². The average Bonchev–Trinajstić information content (AvgIpc) is 2.61. The number of halogens is 1. The molecule has 1 fully saturated rings. The van der Waals surface area contributed by atoms with Crippen LogP contribution >= 0.6 is 0 Å². The van der Waals surface area contributed by atoms with E-state index in [1.54, 1.807) is 0 Å². The van der Waals surface area contributed by atoms with Gasteiger partial charge >= 0.3 is 0 Å². The van der Waals surface area contributed by atoms with Crippen LogP contribution in [0.3, 0.4) is 0 Å². The first-order valence-electron chi connectivity index (χ1n) is 3.80. The third kappa shape index (κ3) is 4.63. The molecular formula is C6H12FNO3S. The van der Waals surface area contributed by atoms with Crippen LogP contribution in [0.2, 0.25) is 0 Å². The fourth-order valence-electron chi connectivity index (χ4n) is 0.869. The average molecular weight is 197 g/mol. The molecule has 1 aliphatic rings. The highest BCUT2D eigenvalue weighted by Crippen LogP contribution is 2.18. The molecule has 12 heavy (non-hydrogen) atoms. The summed E-state index contributed by atoms with van der Waals surface area (Å²) in [6.07, 6.45) is 0.539. The summed E-state index contributed by atoms with van der Waals surface area (Å²) in [5, 5.41) is 2.83. The molecule has 0 spiro atoms. The number of nitrogens with one attached hydrogen (secondary N) is 1. The van der Waals surface area contributed by atoms with Crippen LogP contribution < -0.4 is 5.32 Å². The molecule has 0 heterocycles. The van der Waals surface area contributed by atoms with E-state index in [4.69, 9.17) is 4.55 Å². The summed E-state index contributed by atoms with van der Waals surface area (Å²) in [5.41, 5.74) is 0. The third-order valence-corrected chi connectivity index (χ3v) is 2.38. The molecule has 2 N–H and O–H groups in total. The van der Waals surface area contributed by atoms with Crippen molar-refractivity contribution in [1.29, 1.82) is 0 Å². The lowest BCUT2D eigenvalue weighted by Crippen LogP contribution is -2.30. The predicted octanol–water partition coefficient (Wildman–Crippen LogP) is -0.0357. The first kappa shape index (κ1) is 9.88. The van der Waals surface area contributed by atoms with Crippen molar-refractivity contribution >= 4 is 10.1 Å².